The van der Waals surface area contributed by atoms with E-state index in [1.54, 1.807) is 12.1 Å². The average Bonchev–Trinajstić information content (AvgIpc) is 2.66. The molecule has 1 spiro atoms. The quantitative estimate of drug-likeness (QED) is 0.689. The number of nitrogens with one attached hydrogen (secondary N) is 3. The lowest BCUT2D eigenvalue weighted by Crippen LogP contribution is -2.69. The summed E-state index contributed by atoms with van der Waals surface area (Å²) < 4.78 is 0. The van der Waals surface area contributed by atoms with Gasteiger partial charge in [-0.1, -0.05) is 38.3 Å². The van der Waals surface area contributed by atoms with Crippen LogP contribution in [-0.2, 0) is 16.0 Å². The largest absolute Gasteiger partial charge is 0.348 e. The Morgan fingerprint density at radius 2 is 1.78 bits per heavy atom. The van der Waals surface area contributed by atoms with E-state index in [1.165, 1.54) is 5.56 Å². The van der Waals surface area contributed by atoms with Crippen molar-refractivity contribution in [3.05, 3.63) is 35.4 Å². The number of amides is 5. The van der Waals surface area contributed by atoms with E-state index in [2.05, 4.69) is 22.9 Å². The molecule has 2 aliphatic rings. The molecule has 1 atom stereocenters. The Labute approximate surface area is 158 Å². The van der Waals surface area contributed by atoms with Crippen LogP contribution in [0.5, 0.6) is 0 Å². The number of aryl methyl sites for hydroxylation is 1. The normalized spacial score (nSPS) is 21.5. The minimum Gasteiger partial charge on any atom is -0.348 e. The third-order valence-corrected chi connectivity index (χ3v) is 5.51. The Morgan fingerprint density at radius 1 is 1.11 bits per heavy atom. The van der Waals surface area contributed by atoms with Crippen molar-refractivity contribution in [3.8, 4) is 0 Å². The molecule has 5 amide bonds. The third-order valence-electron chi connectivity index (χ3n) is 5.51. The van der Waals surface area contributed by atoms with Gasteiger partial charge in [0.2, 0.25) is 11.8 Å². The van der Waals surface area contributed by atoms with E-state index < -0.39 is 29.3 Å². The van der Waals surface area contributed by atoms with Crippen LogP contribution in [0.25, 0.3) is 0 Å². The topological polar surface area (TPSA) is 104 Å². The van der Waals surface area contributed by atoms with Gasteiger partial charge < -0.3 is 5.32 Å². The first kappa shape index (κ1) is 19.1. The molecule has 1 unspecified atom stereocenters. The van der Waals surface area contributed by atoms with Crippen molar-refractivity contribution in [2.24, 2.45) is 5.41 Å². The maximum Gasteiger partial charge on any atom is 0.328 e. The molecule has 0 radical (unpaired) electrons. The second kappa shape index (κ2) is 7.90. The Balaban J connectivity index is 1.76. The first-order valence-corrected chi connectivity index (χ1v) is 9.54. The molecule has 3 N–H and O–H groups in total. The van der Waals surface area contributed by atoms with Crippen LogP contribution in [0.2, 0.25) is 0 Å². The number of unbranched alkanes of at least 4 members (excludes halogenated alkanes) is 1. The molecular weight excluding hydrogens is 346 g/mol. The summed E-state index contributed by atoms with van der Waals surface area (Å²) in [6.07, 6.45) is 5.48. The summed E-state index contributed by atoms with van der Waals surface area (Å²) in [6, 6.07) is 5.93. The highest BCUT2D eigenvalue weighted by atomic mass is 16.2. The number of barbiturate groups is 1. The number of carbonyl (C=O) groups is 4. The van der Waals surface area contributed by atoms with Crippen LogP contribution < -0.4 is 16.0 Å². The van der Waals surface area contributed by atoms with E-state index in [-0.39, 0.29) is 5.91 Å². The van der Waals surface area contributed by atoms with Crippen molar-refractivity contribution in [1.29, 1.82) is 0 Å². The van der Waals surface area contributed by atoms with Gasteiger partial charge in [0.05, 0.1) is 6.04 Å². The van der Waals surface area contributed by atoms with Gasteiger partial charge >= 0.3 is 6.03 Å². The number of hydrogen-bond donors (Lipinski definition) is 3. The number of imide groups is 2. The van der Waals surface area contributed by atoms with Crippen LogP contribution in [0.15, 0.2) is 24.3 Å². The standard InChI is InChI=1S/C20H25N3O4/c1-2-3-6-13-8-10-14(11-9-13)16(24)21-15-7-4-5-12-20(15)17(25)22-19(27)23-18(20)26/h8-11,15H,2-7,12H2,1H3,(H,21,24)(H2,22,23,25,26,27). The molecule has 1 aliphatic carbocycles. The van der Waals surface area contributed by atoms with Crippen molar-refractivity contribution in [2.45, 2.75) is 57.9 Å². The number of benzene rings is 1. The second-order valence-electron chi connectivity index (χ2n) is 7.28. The smallest absolute Gasteiger partial charge is 0.328 e. The molecule has 1 aliphatic heterocycles. The maximum atomic E-state index is 12.7. The Morgan fingerprint density at radius 3 is 2.41 bits per heavy atom. The zero-order valence-corrected chi connectivity index (χ0v) is 15.5. The Hall–Kier alpha value is -2.70. The van der Waals surface area contributed by atoms with Crippen LogP contribution in [0.4, 0.5) is 4.79 Å². The summed E-state index contributed by atoms with van der Waals surface area (Å²) in [4.78, 5) is 49.2. The number of rotatable bonds is 5. The lowest BCUT2D eigenvalue weighted by Gasteiger charge is -2.43. The molecule has 1 saturated carbocycles. The predicted molar refractivity (Wildman–Crippen MR) is 98.9 cm³/mol. The lowest BCUT2D eigenvalue weighted by atomic mass is 9.68. The van der Waals surface area contributed by atoms with Gasteiger partial charge in [-0.3, -0.25) is 25.0 Å². The predicted octanol–water partition coefficient (Wildman–Crippen LogP) is 2.05. The summed E-state index contributed by atoms with van der Waals surface area (Å²) in [5.41, 5.74) is 0.235. The van der Waals surface area contributed by atoms with Gasteiger partial charge in [0, 0.05) is 5.56 Å². The van der Waals surface area contributed by atoms with Crippen LogP contribution >= 0.6 is 0 Å². The van der Waals surface area contributed by atoms with Crippen LogP contribution in [0.1, 0.15) is 61.4 Å². The van der Waals surface area contributed by atoms with Gasteiger partial charge in [-0.2, -0.15) is 0 Å². The summed E-state index contributed by atoms with van der Waals surface area (Å²) in [6.45, 7) is 2.13. The minimum absolute atomic E-state index is 0.304. The van der Waals surface area contributed by atoms with Crippen molar-refractivity contribution < 1.29 is 19.2 Å². The molecule has 2 fully saturated rings. The summed E-state index contributed by atoms with van der Waals surface area (Å²) >= 11 is 0. The SMILES string of the molecule is CCCCc1ccc(C(=O)NC2CCCCC23C(=O)NC(=O)NC3=O)cc1. The van der Waals surface area contributed by atoms with Crippen LogP contribution in [-0.4, -0.2) is 29.8 Å². The van der Waals surface area contributed by atoms with E-state index in [0.29, 0.717) is 24.8 Å². The van der Waals surface area contributed by atoms with Gasteiger partial charge in [-0.25, -0.2) is 4.79 Å². The third kappa shape index (κ3) is 3.72. The van der Waals surface area contributed by atoms with Crippen molar-refractivity contribution in [1.82, 2.24) is 16.0 Å². The molecule has 7 nitrogen and oxygen atoms in total. The minimum atomic E-state index is -1.43. The summed E-state index contributed by atoms with van der Waals surface area (Å²) in [7, 11) is 0. The monoisotopic (exact) mass is 371 g/mol. The highest BCUT2D eigenvalue weighted by molar-refractivity contribution is 6.20. The maximum absolute atomic E-state index is 12.7. The van der Waals surface area contributed by atoms with Gasteiger partial charge in [0.15, 0.2) is 0 Å². The Bertz CT molecular complexity index is 737. The van der Waals surface area contributed by atoms with Gasteiger partial charge in [0.1, 0.15) is 5.41 Å². The number of carbonyl (C=O) groups excluding carboxylic acids is 4. The molecule has 1 heterocycles. The second-order valence-corrected chi connectivity index (χ2v) is 7.28. The molecule has 27 heavy (non-hydrogen) atoms. The molecule has 0 bridgehead atoms. The lowest BCUT2D eigenvalue weighted by molar-refractivity contribution is -0.148. The number of hydrogen-bond acceptors (Lipinski definition) is 4. The zero-order chi connectivity index (χ0) is 19.4. The highest BCUT2D eigenvalue weighted by Crippen LogP contribution is 2.38. The molecule has 7 heteroatoms. The van der Waals surface area contributed by atoms with Gasteiger partial charge in [-0.05, 0) is 43.4 Å². The summed E-state index contributed by atoms with van der Waals surface area (Å²) in [5.74, 6) is -1.58. The molecule has 0 aromatic heterocycles. The molecular formula is C20H25N3O4. The molecule has 1 aromatic carbocycles. The highest BCUT2D eigenvalue weighted by Gasteiger charge is 2.56. The summed E-state index contributed by atoms with van der Waals surface area (Å²) in [5, 5.41) is 7.22. The molecule has 1 saturated heterocycles. The average molecular weight is 371 g/mol. The van der Waals surface area contributed by atoms with Crippen molar-refractivity contribution >= 4 is 23.8 Å². The Kier molecular flexibility index (Phi) is 5.58. The first-order valence-electron chi connectivity index (χ1n) is 9.54. The zero-order valence-electron chi connectivity index (χ0n) is 15.5. The number of urea groups is 1. The molecule has 144 valence electrons. The van der Waals surface area contributed by atoms with Gasteiger partial charge in [0.25, 0.3) is 5.91 Å². The van der Waals surface area contributed by atoms with Crippen molar-refractivity contribution in [2.75, 3.05) is 0 Å². The first-order chi connectivity index (χ1) is 13.0. The fraction of sp³-hybridized carbons (Fsp3) is 0.500. The van der Waals surface area contributed by atoms with E-state index in [0.717, 1.165) is 25.7 Å². The molecule has 3 rings (SSSR count). The molecule has 1 aromatic rings. The van der Waals surface area contributed by atoms with E-state index in [1.807, 2.05) is 12.1 Å². The van der Waals surface area contributed by atoms with Crippen LogP contribution in [0.3, 0.4) is 0 Å². The fourth-order valence-electron chi connectivity index (χ4n) is 3.92. The van der Waals surface area contributed by atoms with E-state index >= 15 is 0 Å². The van der Waals surface area contributed by atoms with Crippen molar-refractivity contribution in [3.63, 3.8) is 0 Å². The van der Waals surface area contributed by atoms with E-state index in [9.17, 15) is 19.2 Å². The van der Waals surface area contributed by atoms with E-state index in [4.69, 9.17) is 0 Å². The fourth-order valence-corrected chi connectivity index (χ4v) is 3.92. The van der Waals surface area contributed by atoms with Gasteiger partial charge in [-0.15, -0.1) is 0 Å². The van der Waals surface area contributed by atoms with Crippen LogP contribution in [0, 0.1) is 5.41 Å².